The molecule has 2 rings (SSSR count). The zero-order valence-corrected chi connectivity index (χ0v) is 8.63. The van der Waals surface area contributed by atoms with Crippen molar-refractivity contribution in [2.75, 3.05) is 13.7 Å². The lowest BCUT2D eigenvalue weighted by Gasteiger charge is -2.18. The predicted molar refractivity (Wildman–Crippen MR) is 53.4 cm³/mol. The van der Waals surface area contributed by atoms with Gasteiger partial charge < -0.3 is 10.1 Å². The number of rotatable bonds is 2. The smallest absolute Gasteiger partial charge is 0.221 e. The summed E-state index contributed by atoms with van der Waals surface area (Å²) in [5.41, 5.74) is 2.27. The number of aryl methyl sites for hydroxylation is 1. The Morgan fingerprint density at radius 2 is 2.29 bits per heavy atom. The molecule has 0 bridgehead atoms. The SMILES string of the molecule is CCc1nc2c(c(OC)n1)CNCC2. The Hall–Kier alpha value is -1.16. The molecule has 76 valence electrons. The largest absolute Gasteiger partial charge is 0.481 e. The summed E-state index contributed by atoms with van der Waals surface area (Å²) < 4.78 is 5.26. The summed E-state index contributed by atoms with van der Waals surface area (Å²) in [6, 6.07) is 0. The van der Waals surface area contributed by atoms with Gasteiger partial charge in [-0.25, -0.2) is 4.98 Å². The molecule has 1 aromatic rings. The van der Waals surface area contributed by atoms with Crippen LogP contribution in [0.2, 0.25) is 0 Å². The third-order valence-corrected chi connectivity index (χ3v) is 2.45. The molecule has 1 aliphatic heterocycles. The topological polar surface area (TPSA) is 47.0 Å². The van der Waals surface area contributed by atoms with Crippen LogP contribution in [-0.2, 0) is 19.4 Å². The molecule has 14 heavy (non-hydrogen) atoms. The van der Waals surface area contributed by atoms with Crippen LogP contribution in [0.15, 0.2) is 0 Å². The normalized spacial score (nSPS) is 15.0. The van der Waals surface area contributed by atoms with Gasteiger partial charge in [-0.1, -0.05) is 6.92 Å². The highest BCUT2D eigenvalue weighted by molar-refractivity contribution is 5.32. The number of hydrogen-bond donors (Lipinski definition) is 1. The van der Waals surface area contributed by atoms with E-state index in [0.29, 0.717) is 0 Å². The zero-order valence-electron chi connectivity index (χ0n) is 8.63. The van der Waals surface area contributed by atoms with Gasteiger partial charge >= 0.3 is 0 Å². The molecule has 0 spiro atoms. The fraction of sp³-hybridized carbons (Fsp3) is 0.600. The van der Waals surface area contributed by atoms with E-state index in [0.717, 1.165) is 48.9 Å². The van der Waals surface area contributed by atoms with Gasteiger partial charge in [0.05, 0.1) is 12.8 Å². The third kappa shape index (κ3) is 1.57. The molecule has 4 heteroatoms. The molecule has 0 aliphatic carbocycles. The van der Waals surface area contributed by atoms with Crippen molar-refractivity contribution in [1.29, 1.82) is 0 Å². The van der Waals surface area contributed by atoms with E-state index < -0.39 is 0 Å². The highest BCUT2D eigenvalue weighted by atomic mass is 16.5. The fourth-order valence-corrected chi connectivity index (χ4v) is 1.69. The minimum atomic E-state index is 0.735. The van der Waals surface area contributed by atoms with Gasteiger partial charge in [-0.2, -0.15) is 4.98 Å². The number of aromatic nitrogens is 2. The molecule has 0 unspecified atom stereocenters. The minimum absolute atomic E-state index is 0.735. The quantitative estimate of drug-likeness (QED) is 0.750. The van der Waals surface area contributed by atoms with Crippen LogP contribution in [0.1, 0.15) is 24.0 Å². The average Bonchev–Trinajstić information content (AvgIpc) is 2.27. The number of hydrogen-bond acceptors (Lipinski definition) is 4. The van der Waals surface area contributed by atoms with Crippen molar-refractivity contribution in [1.82, 2.24) is 15.3 Å². The van der Waals surface area contributed by atoms with E-state index in [2.05, 4.69) is 22.2 Å². The van der Waals surface area contributed by atoms with Crippen molar-refractivity contribution in [2.24, 2.45) is 0 Å². The summed E-state index contributed by atoms with van der Waals surface area (Å²) in [5.74, 6) is 1.61. The van der Waals surface area contributed by atoms with Gasteiger partial charge in [-0.05, 0) is 0 Å². The molecule has 1 N–H and O–H groups in total. The molecular formula is C10H15N3O. The Bertz CT molecular complexity index is 321. The molecule has 1 aliphatic rings. The van der Waals surface area contributed by atoms with Crippen molar-refractivity contribution in [3.63, 3.8) is 0 Å². The van der Waals surface area contributed by atoms with Crippen LogP contribution in [-0.4, -0.2) is 23.6 Å². The van der Waals surface area contributed by atoms with Gasteiger partial charge in [-0.3, -0.25) is 0 Å². The summed E-state index contributed by atoms with van der Waals surface area (Å²) in [7, 11) is 1.66. The molecule has 0 saturated heterocycles. The Labute approximate surface area is 83.7 Å². The van der Waals surface area contributed by atoms with E-state index >= 15 is 0 Å². The first-order chi connectivity index (χ1) is 6.85. The highest BCUT2D eigenvalue weighted by Crippen LogP contribution is 2.21. The maximum atomic E-state index is 5.26. The van der Waals surface area contributed by atoms with Gasteiger partial charge in [-0.15, -0.1) is 0 Å². The molecule has 1 aromatic heterocycles. The first-order valence-electron chi connectivity index (χ1n) is 4.98. The molecule has 0 aromatic carbocycles. The summed E-state index contributed by atoms with van der Waals surface area (Å²) in [4.78, 5) is 8.86. The van der Waals surface area contributed by atoms with Crippen molar-refractivity contribution in [3.05, 3.63) is 17.1 Å². The van der Waals surface area contributed by atoms with Gasteiger partial charge in [0.2, 0.25) is 5.88 Å². The first kappa shape index (κ1) is 9.40. The highest BCUT2D eigenvalue weighted by Gasteiger charge is 2.17. The molecular weight excluding hydrogens is 178 g/mol. The maximum absolute atomic E-state index is 5.26. The molecule has 0 saturated carbocycles. The van der Waals surface area contributed by atoms with E-state index in [4.69, 9.17) is 4.74 Å². The van der Waals surface area contributed by atoms with E-state index in [1.165, 1.54) is 0 Å². The molecule has 2 heterocycles. The predicted octanol–water partition coefficient (Wildman–Crippen LogP) is 0.693. The van der Waals surface area contributed by atoms with Crippen LogP contribution in [0.4, 0.5) is 0 Å². The van der Waals surface area contributed by atoms with Crippen LogP contribution in [0.5, 0.6) is 5.88 Å². The lowest BCUT2D eigenvalue weighted by molar-refractivity contribution is 0.383. The Balaban J connectivity index is 2.47. The van der Waals surface area contributed by atoms with Crippen molar-refractivity contribution < 1.29 is 4.74 Å². The van der Waals surface area contributed by atoms with Crippen LogP contribution in [0, 0.1) is 0 Å². The number of nitrogens with one attached hydrogen (secondary N) is 1. The molecule has 0 atom stereocenters. The van der Waals surface area contributed by atoms with Crippen LogP contribution >= 0.6 is 0 Å². The second kappa shape index (κ2) is 3.92. The van der Waals surface area contributed by atoms with Crippen molar-refractivity contribution in [2.45, 2.75) is 26.3 Å². The van der Waals surface area contributed by atoms with E-state index in [-0.39, 0.29) is 0 Å². The zero-order chi connectivity index (χ0) is 9.97. The Morgan fingerprint density at radius 3 is 3.00 bits per heavy atom. The summed E-state index contributed by atoms with van der Waals surface area (Å²) >= 11 is 0. The van der Waals surface area contributed by atoms with Crippen LogP contribution in [0.25, 0.3) is 0 Å². The Morgan fingerprint density at radius 1 is 1.43 bits per heavy atom. The third-order valence-electron chi connectivity index (χ3n) is 2.45. The molecule has 0 amide bonds. The van der Waals surface area contributed by atoms with Gasteiger partial charge in [0.25, 0.3) is 0 Å². The number of fused-ring (bicyclic) bond motifs is 1. The molecule has 0 radical (unpaired) electrons. The van der Waals surface area contributed by atoms with E-state index in [1.54, 1.807) is 7.11 Å². The summed E-state index contributed by atoms with van der Waals surface area (Å²) in [6.07, 6.45) is 1.83. The first-order valence-corrected chi connectivity index (χ1v) is 4.98. The minimum Gasteiger partial charge on any atom is -0.481 e. The molecule has 0 fully saturated rings. The number of methoxy groups -OCH3 is 1. The average molecular weight is 193 g/mol. The second-order valence-corrected chi connectivity index (χ2v) is 3.35. The van der Waals surface area contributed by atoms with Crippen molar-refractivity contribution in [3.8, 4) is 5.88 Å². The van der Waals surface area contributed by atoms with Gasteiger partial charge in [0.15, 0.2) is 0 Å². The summed E-state index contributed by atoms with van der Waals surface area (Å²) in [5, 5.41) is 3.29. The fourth-order valence-electron chi connectivity index (χ4n) is 1.69. The molecule has 4 nitrogen and oxygen atoms in total. The maximum Gasteiger partial charge on any atom is 0.221 e. The lowest BCUT2D eigenvalue weighted by Crippen LogP contribution is -2.26. The standard InChI is InChI=1S/C10H15N3O/c1-3-9-12-8-4-5-11-6-7(8)10(13-9)14-2/h11H,3-6H2,1-2H3. The van der Waals surface area contributed by atoms with Crippen molar-refractivity contribution >= 4 is 0 Å². The number of ether oxygens (including phenoxy) is 1. The van der Waals surface area contributed by atoms with E-state index in [1.807, 2.05) is 0 Å². The Kier molecular flexibility index (Phi) is 2.63. The lowest BCUT2D eigenvalue weighted by atomic mass is 10.1. The monoisotopic (exact) mass is 193 g/mol. The van der Waals surface area contributed by atoms with Crippen LogP contribution in [0.3, 0.4) is 0 Å². The van der Waals surface area contributed by atoms with Gasteiger partial charge in [0, 0.05) is 31.5 Å². The van der Waals surface area contributed by atoms with Gasteiger partial charge in [0.1, 0.15) is 5.82 Å². The van der Waals surface area contributed by atoms with Crippen LogP contribution < -0.4 is 10.1 Å². The number of nitrogens with zero attached hydrogens (tertiary/aromatic N) is 2. The second-order valence-electron chi connectivity index (χ2n) is 3.35. The van der Waals surface area contributed by atoms with E-state index in [9.17, 15) is 0 Å². The summed E-state index contributed by atoms with van der Waals surface area (Å²) in [6.45, 7) is 3.88.